The molecule has 1 aromatic carbocycles. The summed E-state index contributed by atoms with van der Waals surface area (Å²) in [5, 5.41) is 4.94. The van der Waals surface area contributed by atoms with E-state index in [1.54, 1.807) is 7.11 Å². The molecule has 32 heavy (non-hydrogen) atoms. The summed E-state index contributed by atoms with van der Waals surface area (Å²) >= 11 is 0. The van der Waals surface area contributed by atoms with E-state index >= 15 is 0 Å². The molecule has 8 heteroatoms. The fourth-order valence-corrected chi connectivity index (χ4v) is 4.20. The first-order valence-corrected chi connectivity index (χ1v) is 11.0. The van der Waals surface area contributed by atoms with Crippen molar-refractivity contribution in [2.75, 3.05) is 38.3 Å². The molecule has 3 aromatic heterocycles. The van der Waals surface area contributed by atoms with Gasteiger partial charge in [0.1, 0.15) is 5.52 Å². The largest absolute Gasteiger partial charge is 0.378 e. The molecule has 0 bridgehead atoms. The first kappa shape index (κ1) is 20.7. The van der Waals surface area contributed by atoms with Gasteiger partial charge in [0.15, 0.2) is 11.5 Å². The highest BCUT2D eigenvalue weighted by atomic mass is 16.5. The number of rotatable bonds is 6. The Bertz CT molecular complexity index is 1240. The zero-order valence-corrected chi connectivity index (χ0v) is 18.8. The van der Waals surface area contributed by atoms with Gasteiger partial charge in [-0.1, -0.05) is 23.8 Å². The lowest BCUT2D eigenvalue weighted by molar-refractivity contribution is 0.123. The Morgan fingerprint density at radius 3 is 2.72 bits per heavy atom. The number of ether oxygens (including phenoxy) is 2. The van der Waals surface area contributed by atoms with Crippen LogP contribution in [0.2, 0.25) is 0 Å². The molecule has 1 fully saturated rings. The van der Waals surface area contributed by atoms with Gasteiger partial charge in [-0.3, -0.25) is 0 Å². The summed E-state index contributed by atoms with van der Waals surface area (Å²) in [7, 11) is 1.70. The van der Waals surface area contributed by atoms with Crippen LogP contribution in [0.3, 0.4) is 0 Å². The lowest BCUT2D eigenvalue weighted by Gasteiger charge is -2.29. The number of benzene rings is 1. The third-order valence-electron chi connectivity index (χ3n) is 5.84. The number of methoxy groups -OCH3 is 1. The van der Waals surface area contributed by atoms with E-state index in [2.05, 4.69) is 64.7 Å². The van der Waals surface area contributed by atoms with Crippen molar-refractivity contribution in [3.63, 3.8) is 0 Å². The molecule has 1 aliphatic heterocycles. The summed E-state index contributed by atoms with van der Waals surface area (Å²) in [6.07, 6.45) is 1.86. The van der Waals surface area contributed by atoms with E-state index in [0.29, 0.717) is 19.8 Å². The maximum absolute atomic E-state index is 5.57. The van der Waals surface area contributed by atoms with Crippen molar-refractivity contribution in [1.29, 1.82) is 0 Å². The molecule has 0 radical (unpaired) electrons. The summed E-state index contributed by atoms with van der Waals surface area (Å²) in [6.45, 7) is 8.51. The number of hydrogen-bond acceptors (Lipinski definition) is 6. The van der Waals surface area contributed by atoms with Crippen molar-refractivity contribution in [3.05, 3.63) is 54.0 Å². The monoisotopic (exact) mass is 432 g/mol. The Kier molecular flexibility index (Phi) is 5.63. The molecule has 0 aliphatic carbocycles. The molecule has 0 saturated carbocycles. The number of aromatic nitrogens is 5. The van der Waals surface area contributed by atoms with Gasteiger partial charge in [0.2, 0.25) is 0 Å². The molecular weight excluding hydrogens is 404 g/mol. The number of imidazole rings is 1. The molecular formula is C24H28N6O2. The van der Waals surface area contributed by atoms with E-state index < -0.39 is 0 Å². The van der Waals surface area contributed by atoms with Gasteiger partial charge >= 0.3 is 0 Å². The normalized spacial score (nSPS) is 14.4. The third-order valence-corrected chi connectivity index (χ3v) is 5.84. The average molecular weight is 433 g/mol. The van der Waals surface area contributed by atoms with Crippen LogP contribution in [0.15, 0.2) is 42.7 Å². The Morgan fingerprint density at radius 1 is 1.12 bits per heavy atom. The summed E-state index contributed by atoms with van der Waals surface area (Å²) in [5.41, 5.74) is 6.97. The minimum atomic E-state index is 0.443. The first-order valence-electron chi connectivity index (χ1n) is 11.0. The van der Waals surface area contributed by atoms with E-state index in [0.717, 1.165) is 59.3 Å². The molecule has 166 valence electrons. The summed E-state index contributed by atoms with van der Waals surface area (Å²) in [6, 6.07) is 12.5. The standard InChI is InChI=1S/C24H28N6O2/c1-4-28-16-25-23-21(29-8-10-32-11-9-29)14-22(26-24(23)28)30-19(15-31-3)13-20(27-30)18-7-5-6-17(2)12-18/h5-7,12-14,16H,4,8-11,15H2,1-3H3. The summed E-state index contributed by atoms with van der Waals surface area (Å²) < 4.78 is 15.0. The van der Waals surface area contributed by atoms with Crippen LogP contribution in [0.25, 0.3) is 28.2 Å². The summed E-state index contributed by atoms with van der Waals surface area (Å²) in [5.74, 6) is 0.764. The molecule has 0 spiro atoms. The van der Waals surface area contributed by atoms with Crippen molar-refractivity contribution >= 4 is 16.9 Å². The second-order valence-corrected chi connectivity index (χ2v) is 8.04. The molecule has 4 heterocycles. The van der Waals surface area contributed by atoms with Crippen molar-refractivity contribution in [2.45, 2.75) is 27.0 Å². The van der Waals surface area contributed by atoms with Gasteiger partial charge in [0.05, 0.1) is 43.2 Å². The molecule has 1 saturated heterocycles. The lowest BCUT2D eigenvalue weighted by Crippen LogP contribution is -2.36. The molecule has 8 nitrogen and oxygen atoms in total. The third kappa shape index (κ3) is 3.76. The van der Waals surface area contributed by atoms with E-state index in [1.807, 2.05) is 11.0 Å². The van der Waals surface area contributed by atoms with Gasteiger partial charge in [-0.25, -0.2) is 14.6 Å². The number of morpholine rings is 1. The van der Waals surface area contributed by atoms with Crippen LogP contribution in [0.4, 0.5) is 5.69 Å². The number of pyridine rings is 1. The summed E-state index contributed by atoms with van der Waals surface area (Å²) in [4.78, 5) is 12.0. The zero-order valence-electron chi connectivity index (χ0n) is 18.8. The van der Waals surface area contributed by atoms with Gasteiger partial charge < -0.3 is 18.9 Å². The predicted molar refractivity (Wildman–Crippen MR) is 124 cm³/mol. The molecule has 0 unspecified atom stereocenters. The maximum atomic E-state index is 5.57. The number of anilines is 1. The van der Waals surface area contributed by atoms with Crippen molar-refractivity contribution in [2.24, 2.45) is 0 Å². The van der Waals surface area contributed by atoms with E-state index in [9.17, 15) is 0 Å². The number of fused-ring (bicyclic) bond motifs is 1. The van der Waals surface area contributed by atoms with Crippen LogP contribution in [0.5, 0.6) is 0 Å². The molecule has 0 amide bonds. The minimum absolute atomic E-state index is 0.443. The fourth-order valence-electron chi connectivity index (χ4n) is 4.20. The van der Waals surface area contributed by atoms with Crippen molar-refractivity contribution < 1.29 is 9.47 Å². The number of hydrogen-bond donors (Lipinski definition) is 0. The smallest absolute Gasteiger partial charge is 0.164 e. The van der Waals surface area contributed by atoms with Gasteiger partial charge in [-0.05, 0) is 26.0 Å². The van der Waals surface area contributed by atoms with Crippen molar-refractivity contribution in [3.8, 4) is 17.1 Å². The zero-order chi connectivity index (χ0) is 22.1. The average Bonchev–Trinajstić information content (AvgIpc) is 3.43. The quantitative estimate of drug-likeness (QED) is 0.464. The highest BCUT2D eigenvalue weighted by Crippen LogP contribution is 2.30. The van der Waals surface area contributed by atoms with E-state index in [1.165, 1.54) is 5.56 Å². The lowest BCUT2D eigenvalue weighted by atomic mass is 10.1. The fraction of sp³-hybridized carbons (Fsp3) is 0.375. The molecule has 4 aromatic rings. The number of nitrogens with zero attached hydrogens (tertiary/aromatic N) is 6. The Balaban J connectivity index is 1.68. The van der Waals surface area contributed by atoms with Gasteiger partial charge in [0.25, 0.3) is 0 Å². The van der Waals surface area contributed by atoms with E-state index in [4.69, 9.17) is 19.6 Å². The maximum Gasteiger partial charge on any atom is 0.164 e. The highest BCUT2D eigenvalue weighted by molar-refractivity contribution is 5.87. The molecule has 1 aliphatic rings. The number of aryl methyl sites for hydroxylation is 2. The van der Waals surface area contributed by atoms with Crippen LogP contribution in [0.1, 0.15) is 18.2 Å². The minimum Gasteiger partial charge on any atom is -0.378 e. The second-order valence-electron chi connectivity index (χ2n) is 8.04. The Labute approximate surface area is 187 Å². The highest BCUT2D eigenvalue weighted by Gasteiger charge is 2.21. The van der Waals surface area contributed by atoms with E-state index in [-0.39, 0.29) is 0 Å². The van der Waals surface area contributed by atoms with Gasteiger partial charge in [0, 0.05) is 38.4 Å². The Hall–Kier alpha value is -3.23. The van der Waals surface area contributed by atoms with Crippen LogP contribution in [0, 0.1) is 6.92 Å². The van der Waals surface area contributed by atoms with Crippen LogP contribution >= 0.6 is 0 Å². The first-order chi connectivity index (χ1) is 15.7. The SMILES string of the molecule is CCn1cnc2c(N3CCOCC3)cc(-n3nc(-c4cccc(C)c4)cc3COC)nc21. The topological polar surface area (TPSA) is 70.2 Å². The Morgan fingerprint density at radius 2 is 1.97 bits per heavy atom. The van der Waals surface area contributed by atoms with Crippen LogP contribution in [-0.4, -0.2) is 57.7 Å². The van der Waals surface area contributed by atoms with Crippen LogP contribution < -0.4 is 4.90 Å². The predicted octanol–water partition coefficient (Wildman–Crippen LogP) is 3.60. The van der Waals surface area contributed by atoms with Gasteiger partial charge in [-0.2, -0.15) is 5.10 Å². The van der Waals surface area contributed by atoms with Gasteiger partial charge in [-0.15, -0.1) is 0 Å². The molecule has 5 rings (SSSR count). The molecule has 0 atom stereocenters. The van der Waals surface area contributed by atoms with Crippen LogP contribution in [-0.2, 0) is 22.6 Å². The molecule has 0 N–H and O–H groups in total. The second kappa shape index (κ2) is 8.72. The van der Waals surface area contributed by atoms with Crippen molar-refractivity contribution in [1.82, 2.24) is 24.3 Å².